The molecule has 1 N–H and O–H groups in total. The van der Waals surface area contributed by atoms with E-state index in [0.717, 1.165) is 46.3 Å². The maximum atomic E-state index is 9.15. The number of benzene rings is 1. The highest BCUT2D eigenvalue weighted by Crippen LogP contribution is 2.32. The largest absolute Gasteiger partial charge is 0.396 e. The normalized spacial score (nSPS) is 17.6. The Labute approximate surface area is 115 Å². The Morgan fingerprint density at radius 1 is 1.39 bits per heavy atom. The van der Waals surface area contributed by atoms with Crippen LogP contribution in [-0.2, 0) is 0 Å². The summed E-state index contributed by atoms with van der Waals surface area (Å²) in [7, 11) is 0. The smallest absolute Gasteiger partial charge is 0.186 e. The summed E-state index contributed by atoms with van der Waals surface area (Å²) in [6.07, 6.45) is 2.10. The van der Waals surface area contributed by atoms with Crippen molar-refractivity contribution in [3.63, 3.8) is 0 Å². The zero-order valence-electron chi connectivity index (χ0n) is 9.97. The van der Waals surface area contributed by atoms with Crippen LogP contribution in [-0.4, -0.2) is 29.8 Å². The first kappa shape index (κ1) is 12.2. The molecule has 1 aliphatic rings. The molecule has 0 unspecified atom stereocenters. The summed E-state index contributed by atoms with van der Waals surface area (Å²) in [5.41, 5.74) is 1.02. The van der Waals surface area contributed by atoms with E-state index in [1.807, 2.05) is 18.2 Å². The molecule has 1 aliphatic heterocycles. The number of rotatable bonds is 2. The summed E-state index contributed by atoms with van der Waals surface area (Å²) >= 11 is 7.68. The molecule has 0 bridgehead atoms. The Morgan fingerprint density at radius 2 is 2.17 bits per heavy atom. The van der Waals surface area contributed by atoms with E-state index in [1.54, 1.807) is 11.3 Å². The number of hydrogen-bond donors (Lipinski definition) is 1. The minimum Gasteiger partial charge on any atom is -0.396 e. The molecular formula is C13H15ClN2OS. The highest BCUT2D eigenvalue weighted by molar-refractivity contribution is 7.22. The molecule has 0 radical (unpaired) electrons. The molecule has 3 rings (SSSR count). The van der Waals surface area contributed by atoms with Crippen molar-refractivity contribution in [3.05, 3.63) is 23.2 Å². The third-order valence-corrected chi connectivity index (χ3v) is 4.80. The first-order chi connectivity index (χ1) is 8.76. The number of fused-ring (bicyclic) bond motifs is 1. The molecular weight excluding hydrogens is 268 g/mol. The predicted octanol–water partition coefficient (Wildman–Crippen LogP) is 3.16. The zero-order valence-corrected chi connectivity index (χ0v) is 11.5. The SMILES string of the molecule is OCC1CCN(c2nc3ccc(Cl)cc3s2)CC1. The maximum Gasteiger partial charge on any atom is 0.186 e. The lowest BCUT2D eigenvalue weighted by Crippen LogP contribution is -2.34. The van der Waals surface area contributed by atoms with E-state index >= 15 is 0 Å². The number of halogens is 1. The molecule has 2 aromatic rings. The van der Waals surface area contributed by atoms with Crippen LogP contribution in [0.2, 0.25) is 5.02 Å². The van der Waals surface area contributed by atoms with Gasteiger partial charge in [-0.05, 0) is 37.0 Å². The van der Waals surface area contributed by atoms with Gasteiger partial charge in [-0.25, -0.2) is 4.98 Å². The van der Waals surface area contributed by atoms with Crippen molar-refractivity contribution in [2.75, 3.05) is 24.6 Å². The van der Waals surface area contributed by atoms with Gasteiger partial charge in [0, 0.05) is 24.7 Å². The second-order valence-corrected chi connectivity index (χ2v) is 6.17. The quantitative estimate of drug-likeness (QED) is 0.919. The topological polar surface area (TPSA) is 36.4 Å². The van der Waals surface area contributed by atoms with Gasteiger partial charge >= 0.3 is 0 Å². The Balaban J connectivity index is 1.82. The van der Waals surface area contributed by atoms with E-state index in [1.165, 1.54) is 0 Å². The van der Waals surface area contributed by atoms with Gasteiger partial charge in [0.25, 0.3) is 0 Å². The molecule has 0 atom stereocenters. The standard InChI is InChI=1S/C13H15ClN2OS/c14-10-1-2-11-12(7-10)18-13(15-11)16-5-3-9(8-17)4-6-16/h1-2,7,9,17H,3-6,8H2. The number of aliphatic hydroxyl groups excluding tert-OH is 1. The summed E-state index contributed by atoms with van der Waals surface area (Å²) in [5.74, 6) is 0.463. The molecule has 0 saturated carbocycles. The molecule has 0 amide bonds. The number of aliphatic hydroxyl groups is 1. The summed E-state index contributed by atoms with van der Waals surface area (Å²) in [5, 5.41) is 11.0. The van der Waals surface area contributed by atoms with Crippen LogP contribution in [0, 0.1) is 5.92 Å². The molecule has 3 nitrogen and oxygen atoms in total. The van der Waals surface area contributed by atoms with Gasteiger partial charge in [-0.2, -0.15) is 0 Å². The zero-order chi connectivity index (χ0) is 12.5. The highest BCUT2D eigenvalue weighted by atomic mass is 35.5. The van der Waals surface area contributed by atoms with Crippen LogP contribution in [0.5, 0.6) is 0 Å². The summed E-state index contributed by atoms with van der Waals surface area (Å²) in [4.78, 5) is 6.96. The van der Waals surface area contributed by atoms with Gasteiger partial charge in [0.2, 0.25) is 0 Å². The van der Waals surface area contributed by atoms with Crippen molar-refractivity contribution >= 4 is 38.3 Å². The van der Waals surface area contributed by atoms with Crippen molar-refractivity contribution in [1.29, 1.82) is 0 Å². The Bertz CT molecular complexity index is 549. The van der Waals surface area contributed by atoms with E-state index in [-0.39, 0.29) is 0 Å². The first-order valence-electron chi connectivity index (χ1n) is 6.18. The minimum atomic E-state index is 0.309. The summed E-state index contributed by atoms with van der Waals surface area (Å²) < 4.78 is 1.14. The van der Waals surface area contributed by atoms with E-state index in [2.05, 4.69) is 9.88 Å². The van der Waals surface area contributed by atoms with Gasteiger partial charge in [-0.15, -0.1) is 0 Å². The average Bonchev–Trinajstić information content (AvgIpc) is 2.81. The van der Waals surface area contributed by atoms with Crippen LogP contribution in [0.1, 0.15) is 12.8 Å². The van der Waals surface area contributed by atoms with Crippen molar-refractivity contribution < 1.29 is 5.11 Å². The number of hydrogen-bond acceptors (Lipinski definition) is 4. The second-order valence-electron chi connectivity index (χ2n) is 4.72. The highest BCUT2D eigenvalue weighted by Gasteiger charge is 2.20. The van der Waals surface area contributed by atoms with Gasteiger partial charge < -0.3 is 10.0 Å². The van der Waals surface area contributed by atoms with Crippen LogP contribution >= 0.6 is 22.9 Å². The lowest BCUT2D eigenvalue weighted by molar-refractivity contribution is 0.203. The molecule has 0 aliphatic carbocycles. The van der Waals surface area contributed by atoms with Gasteiger partial charge in [0.1, 0.15) is 0 Å². The molecule has 1 saturated heterocycles. The Hall–Kier alpha value is -0.840. The summed E-state index contributed by atoms with van der Waals surface area (Å²) in [6, 6.07) is 5.82. The average molecular weight is 283 g/mol. The van der Waals surface area contributed by atoms with Crippen molar-refractivity contribution in [2.24, 2.45) is 5.92 Å². The van der Waals surface area contributed by atoms with Gasteiger partial charge in [-0.1, -0.05) is 22.9 Å². The molecule has 1 aromatic heterocycles. The fraction of sp³-hybridized carbons (Fsp3) is 0.462. The fourth-order valence-electron chi connectivity index (χ4n) is 2.33. The van der Waals surface area contributed by atoms with Gasteiger partial charge in [0.15, 0.2) is 5.13 Å². The minimum absolute atomic E-state index is 0.309. The Kier molecular flexibility index (Phi) is 3.41. The summed E-state index contributed by atoms with van der Waals surface area (Å²) in [6.45, 7) is 2.28. The monoisotopic (exact) mass is 282 g/mol. The lowest BCUT2D eigenvalue weighted by atomic mass is 9.98. The van der Waals surface area contributed by atoms with Crippen molar-refractivity contribution in [2.45, 2.75) is 12.8 Å². The number of nitrogens with zero attached hydrogens (tertiary/aromatic N) is 2. The van der Waals surface area contributed by atoms with Gasteiger partial charge in [-0.3, -0.25) is 0 Å². The van der Waals surface area contributed by atoms with E-state index in [9.17, 15) is 0 Å². The lowest BCUT2D eigenvalue weighted by Gasteiger charge is -2.30. The fourth-order valence-corrected chi connectivity index (χ4v) is 3.62. The molecule has 1 fully saturated rings. The third-order valence-electron chi connectivity index (χ3n) is 3.48. The number of anilines is 1. The van der Waals surface area contributed by atoms with Crippen LogP contribution in [0.25, 0.3) is 10.2 Å². The molecule has 1 aromatic carbocycles. The first-order valence-corrected chi connectivity index (χ1v) is 7.37. The van der Waals surface area contributed by atoms with Crippen LogP contribution < -0.4 is 4.90 Å². The Morgan fingerprint density at radius 3 is 2.89 bits per heavy atom. The predicted molar refractivity (Wildman–Crippen MR) is 76.7 cm³/mol. The number of thiazole rings is 1. The maximum absolute atomic E-state index is 9.15. The second kappa shape index (κ2) is 5.03. The van der Waals surface area contributed by atoms with Crippen LogP contribution in [0.15, 0.2) is 18.2 Å². The van der Waals surface area contributed by atoms with Crippen LogP contribution in [0.3, 0.4) is 0 Å². The van der Waals surface area contributed by atoms with Crippen molar-refractivity contribution in [1.82, 2.24) is 4.98 Å². The number of piperidine rings is 1. The third kappa shape index (κ3) is 2.32. The van der Waals surface area contributed by atoms with Gasteiger partial charge in [0.05, 0.1) is 10.2 Å². The molecule has 0 spiro atoms. The number of aromatic nitrogens is 1. The van der Waals surface area contributed by atoms with Crippen molar-refractivity contribution in [3.8, 4) is 0 Å². The van der Waals surface area contributed by atoms with E-state index in [0.29, 0.717) is 12.5 Å². The van der Waals surface area contributed by atoms with E-state index < -0.39 is 0 Å². The molecule has 18 heavy (non-hydrogen) atoms. The molecule has 96 valence electrons. The van der Waals surface area contributed by atoms with E-state index in [4.69, 9.17) is 16.7 Å². The molecule has 2 heterocycles. The molecule has 5 heteroatoms. The van der Waals surface area contributed by atoms with Crippen LogP contribution in [0.4, 0.5) is 5.13 Å².